The van der Waals surface area contributed by atoms with Gasteiger partial charge in [-0.25, -0.2) is 0 Å². The Kier molecular flexibility index (Phi) is 5.08. The van der Waals surface area contributed by atoms with Crippen LogP contribution in [-0.2, 0) is 0 Å². The summed E-state index contributed by atoms with van der Waals surface area (Å²) in [7, 11) is 0. The van der Waals surface area contributed by atoms with Crippen LogP contribution >= 0.6 is 0 Å². The van der Waals surface area contributed by atoms with Gasteiger partial charge in [-0.15, -0.1) is 0 Å². The molecule has 0 aliphatic heterocycles. The Morgan fingerprint density at radius 3 is 1.18 bits per heavy atom. The molecule has 0 heterocycles. The molecular formula is C20H32Li2. The molecule has 0 aromatic rings. The third-order valence-corrected chi connectivity index (χ3v) is 5.27. The zero-order valence-corrected chi connectivity index (χ0v) is 16.6. The quantitative estimate of drug-likeness (QED) is 0.640. The van der Waals surface area contributed by atoms with Gasteiger partial charge in [-0.1, -0.05) is 67.5 Å². The normalized spacial score (nSPS) is 32.0. The molecule has 4 aliphatic rings. The van der Waals surface area contributed by atoms with Crippen LogP contribution in [0.2, 0.25) is 0 Å². The third-order valence-electron chi connectivity index (χ3n) is 5.27. The maximum Gasteiger partial charge on any atom is 1.00 e. The van der Waals surface area contributed by atoms with Gasteiger partial charge < -0.3 is 2.85 Å². The molecule has 0 radical (unpaired) electrons. The molecular weight excluding hydrogens is 254 g/mol. The van der Waals surface area contributed by atoms with Crippen molar-refractivity contribution in [3.63, 3.8) is 0 Å². The molecule has 0 saturated carbocycles. The van der Waals surface area contributed by atoms with Gasteiger partial charge in [0.15, 0.2) is 0 Å². The number of rotatable bonds is 2. The molecule has 2 heteroatoms. The molecule has 0 aromatic heterocycles. The van der Waals surface area contributed by atoms with E-state index in [9.17, 15) is 0 Å². The summed E-state index contributed by atoms with van der Waals surface area (Å²) in [6.07, 6.45) is 7.36. The van der Waals surface area contributed by atoms with Crippen molar-refractivity contribution >= 4 is 0 Å². The first-order valence-corrected chi connectivity index (χ1v) is 8.07. The van der Waals surface area contributed by atoms with E-state index >= 15 is 0 Å². The number of fused-ring (bicyclic) bond motifs is 1. The van der Waals surface area contributed by atoms with Gasteiger partial charge in [-0.3, -0.25) is 0 Å². The summed E-state index contributed by atoms with van der Waals surface area (Å²) in [5, 5.41) is 0. The summed E-state index contributed by atoms with van der Waals surface area (Å²) in [5.41, 5.74) is 8.17. The van der Waals surface area contributed by atoms with Gasteiger partial charge >= 0.3 is 37.7 Å². The fourth-order valence-electron chi connectivity index (χ4n) is 5.30. The Balaban J connectivity index is 0. The molecule has 114 valence electrons. The molecule has 4 aliphatic carbocycles. The van der Waals surface area contributed by atoms with Crippen molar-refractivity contribution in [2.24, 2.45) is 21.7 Å². The summed E-state index contributed by atoms with van der Waals surface area (Å²) >= 11 is 0. The Morgan fingerprint density at radius 2 is 1.00 bits per heavy atom. The van der Waals surface area contributed by atoms with Crippen molar-refractivity contribution in [2.75, 3.05) is 0 Å². The van der Waals surface area contributed by atoms with Crippen molar-refractivity contribution < 1.29 is 40.6 Å². The Morgan fingerprint density at radius 1 is 0.727 bits per heavy atom. The molecule has 22 heavy (non-hydrogen) atoms. The first-order valence-electron chi connectivity index (χ1n) is 8.07. The van der Waals surface area contributed by atoms with Crippen molar-refractivity contribution in [2.45, 2.75) is 68.2 Å². The van der Waals surface area contributed by atoms with E-state index in [0.29, 0.717) is 21.7 Å². The minimum absolute atomic E-state index is 0. The van der Waals surface area contributed by atoms with Gasteiger partial charge in [0.2, 0.25) is 0 Å². The second-order valence-corrected chi connectivity index (χ2v) is 10.0. The molecule has 0 aromatic carbocycles. The molecule has 0 N–H and O–H groups in total. The van der Waals surface area contributed by atoms with Crippen LogP contribution in [0.1, 0.15) is 71.1 Å². The van der Waals surface area contributed by atoms with E-state index in [2.05, 4.69) is 67.5 Å². The van der Waals surface area contributed by atoms with Crippen LogP contribution < -0.4 is 37.7 Å². The molecule has 0 nitrogen and oxygen atoms in total. The van der Waals surface area contributed by atoms with Crippen LogP contribution in [-0.4, -0.2) is 0 Å². The summed E-state index contributed by atoms with van der Waals surface area (Å²) in [5.74, 6) is 0. The first-order chi connectivity index (χ1) is 8.89. The van der Waals surface area contributed by atoms with Gasteiger partial charge in [-0.2, -0.15) is 0 Å². The van der Waals surface area contributed by atoms with Crippen LogP contribution in [0.3, 0.4) is 0 Å². The van der Waals surface area contributed by atoms with E-state index < -0.39 is 0 Å². The average molecular weight is 286 g/mol. The standard InChI is InChI=1S/C20H30.2Li.2H/c1-17(2,3)11-19(7)13-9-10-14-15(19)16(13)20(14,8)12-18(4,5)6;;;;/h9-10H,11-12H2,1-8H3;;;;/q;2*+1;2*-1. The first kappa shape index (κ1) is 20.5. The van der Waals surface area contributed by atoms with Crippen molar-refractivity contribution in [1.82, 2.24) is 0 Å². The molecule has 0 amide bonds. The van der Waals surface area contributed by atoms with E-state index in [0.717, 1.165) is 0 Å². The smallest absolute Gasteiger partial charge is 1.00 e. The number of allylic oxidation sites excluding steroid dienone is 6. The number of hydrogen-bond acceptors (Lipinski definition) is 0. The van der Waals surface area contributed by atoms with Gasteiger partial charge in [0.25, 0.3) is 0 Å². The Hall–Kier alpha value is 0.415. The van der Waals surface area contributed by atoms with Crippen LogP contribution in [0.25, 0.3) is 0 Å². The van der Waals surface area contributed by atoms with Crippen LogP contribution in [0.15, 0.2) is 34.4 Å². The summed E-state index contributed by atoms with van der Waals surface area (Å²) in [4.78, 5) is 0. The van der Waals surface area contributed by atoms with E-state index in [1.54, 1.807) is 22.3 Å². The molecule has 0 fully saturated rings. The second kappa shape index (κ2) is 5.46. The predicted octanol–water partition coefficient (Wildman–Crippen LogP) is 0.295. The minimum Gasteiger partial charge on any atom is -1.00 e. The zero-order chi connectivity index (χ0) is 15.1. The molecule has 2 unspecified atom stereocenters. The minimum atomic E-state index is 0. The van der Waals surface area contributed by atoms with Crippen LogP contribution in [0, 0.1) is 21.7 Å². The van der Waals surface area contributed by atoms with Crippen LogP contribution in [0.4, 0.5) is 0 Å². The molecule has 2 atom stereocenters. The second-order valence-electron chi connectivity index (χ2n) is 10.0. The van der Waals surface area contributed by atoms with E-state index in [4.69, 9.17) is 0 Å². The predicted molar refractivity (Wildman–Crippen MR) is 89.8 cm³/mol. The SMILES string of the molecule is CC(C)(C)CC1(C)c2ccc3c1c2C3(C)CC(C)(C)C.[H-].[H-].[Li+].[Li+]. The zero-order valence-electron chi connectivity index (χ0n) is 18.6. The molecule has 0 saturated heterocycles. The maximum atomic E-state index is 2.46. The van der Waals surface area contributed by atoms with Gasteiger partial charge in [0.05, 0.1) is 0 Å². The average Bonchev–Trinajstić information content (AvgIpc) is 2.22. The largest absolute Gasteiger partial charge is 1.00 e. The maximum absolute atomic E-state index is 2.46. The van der Waals surface area contributed by atoms with Gasteiger partial charge in [-0.05, 0) is 46.0 Å². The fourth-order valence-corrected chi connectivity index (χ4v) is 5.30. The van der Waals surface area contributed by atoms with E-state index in [1.807, 2.05) is 0 Å². The fraction of sp³-hybridized carbons (Fsp3) is 0.700. The van der Waals surface area contributed by atoms with Gasteiger partial charge in [0.1, 0.15) is 0 Å². The van der Waals surface area contributed by atoms with E-state index in [-0.39, 0.29) is 40.6 Å². The third kappa shape index (κ3) is 2.70. The Bertz CT molecular complexity index is 536. The van der Waals surface area contributed by atoms with Crippen molar-refractivity contribution in [3.8, 4) is 0 Å². The number of hydrogen-bond donors (Lipinski definition) is 0. The molecule has 0 spiro atoms. The van der Waals surface area contributed by atoms with E-state index in [1.165, 1.54) is 12.8 Å². The van der Waals surface area contributed by atoms with Gasteiger partial charge in [0, 0.05) is 10.8 Å². The summed E-state index contributed by atoms with van der Waals surface area (Å²) in [6.45, 7) is 19.1. The Labute approximate surface area is 164 Å². The molecule has 4 bridgehead atoms. The monoisotopic (exact) mass is 286 g/mol. The van der Waals surface area contributed by atoms with Crippen molar-refractivity contribution in [1.29, 1.82) is 0 Å². The summed E-state index contributed by atoms with van der Waals surface area (Å²) < 4.78 is 0. The molecule has 4 rings (SSSR count). The topological polar surface area (TPSA) is 0 Å². The van der Waals surface area contributed by atoms with Crippen LogP contribution in [0.5, 0.6) is 0 Å². The summed E-state index contributed by atoms with van der Waals surface area (Å²) in [6, 6.07) is 0. The van der Waals surface area contributed by atoms with Crippen molar-refractivity contribution in [3.05, 3.63) is 34.4 Å².